The number of rotatable bonds is 11. The van der Waals surface area contributed by atoms with Crippen molar-refractivity contribution in [2.45, 2.75) is 59.0 Å². The van der Waals surface area contributed by atoms with E-state index in [9.17, 15) is 14.4 Å². The molecule has 1 rings (SSSR count). The van der Waals surface area contributed by atoms with Crippen LogP contribution < -0.4 is 0 Å². The number of esters is 1. The van der Waals surface area contributed by atoms with Gasteiger partial charge >= 0.3 is 11.9 Å². The molecule has 1 aliphatic rings. The third-order valence-electron chi connectivity index (χ3n) is 4.37. The van der Waals surface area contributed by atoms with Gasteiger partial charge in [0.1, 0.15) is 6.10 Å². The molecule has 0 spiro atoms. The van der Waals surface area contributed by atoms with Crippen molar-refractivity contribution in [2.75, 3.05) is 0 Å². The standard InChI is InChI=1S/C22H30O5/c1-4-5-6-7-8-16(2)15-17(3)9-11-19(23)18-10-14-22(26)27-20(18)12-13-21(24)25/h9-16,18,20H,4-8H2,1-3H3,(H,24,25)/b11-9+,13-12+,17-15+/t16-,18+,20-/m0/s1. The van der Waals surface area contributed by atoms with Crippen molar-refractivity contribution in [2.24, 2.45) is 11.8 Å². The second kappa shape index (κ2) is 12.0. The minimum atomic E-state index is -1.16. The second-order valence-electron chi connectivity index (χ2n) is 6.96. The van der Waals surface area contributed by atoms with Gasteiger partial charge in [0.15, 0.2) is 5.78 Å². The number of hydrogen-bond donors (Lipinski definition) is 1. The van der Waals surface area contributed by atoms with E-state index in [0.29, 0.717) is 5.92 Å². The zero-order valence-corrected chi connectivity index (χ0v) is 16.4. The number of carbonyl (C=O) groups excluding carboxylic acids is 2. The number of cyclic esters (lactones) is 1. The van der Waals surface area contributed by atoms with E-state index in [2.05, 4.69) is 19.9 Å². The predicted octanol–water partition coefficient (Wildman–Crippen LogP) is 4.40. The fraction of sp³-hybridized carbons (Fsp3) is 0.500. The first-order valence-corrected chi connectivity index (χ1v) is 9.53. The highest BCUT2D eigenvalue weighted by molar-refractivity contribution is 5.96. The average Bonchev–Trinajstić information content (AvgIpc) is 2.61. The molecule has 27 heavy (non-hydrogen) atoms. The molecule has 5 nitrogen and oxygen atoms in total. The highest BCUT2D eigenvalue weighted by Crippen LogP contribution is 2.20. The van der Waals surface area contributed by atoms with Crippen LogP contribution in [0.15, 0.2) is 48.1 Å². The number of ketones is 1. The lowest BCUT2D eigenvalue weighted by molar-refractivity contribution is -0.145. The fourth-order valence-electron chi connectivity index (χ4n) is 2.94. The summed E-state index contributed by atoms with van der Waals surface area (Å²) in [5.41, 5.74) is 1.00. The summed E-state index contributed by atoms with van der Waals surface area (Å²) in [5.74, 6) is -2.25. The molecule has 0 saturated heterocycles. The Balaban J connectivity index is 2.68. The molecule has 0 aromatic heterocycles. The molecule has 1 aliphatic heterocycles. The summed E-state index contributed by atoms with van der Waals surface area (Å²) in [4.78, 5) is 34.5. The van der Waals surface area contributed by atoms with Gasteiger partial charge in [-0.05, 0) is 31.4 Å². The summed E-state index contributed by atoms with van der Waals surface area (Å²) in [5, 5.41) is 8.73. The molecule has 1 heterocycles. The molecular formula is C22H30O5. The van der Waals surface area contributed by atoms with Crippen molar-refractivity contribution in [1.29, 1.82) is 0 Å². The Morgan fingerprint density at radius 2 is 1.96 bits per heavy atom. The van der Waals surface area contributed by atoms with Crippen molar-refractivity contribution in [3.8, 4) is 0 Å². The Bertz CT molecular complexity index is 639. The molecule has 1 N–H and O–H groups in total. The Kier molecular flexibility index (Phi) is 10.1. The first-order valence-electron chi connectivity index (χ1n) is 9.53. The van der Waals surface area contributed by atoms with Gasteiger partial charge in [0.25, 0.3) is 0 Å². The quantitative estimate of drug-likeness (QED) is 0.251. The lowest BCUT2D eigenvalue weighted by Gasteiger charge is -2.22. The molecule has 0 unspecified atom stereocenters. The van der Waals surface area contributed by atoms with E-state index < -0.39 is 24.0 Å². The monoisotopic (exact) mass is 374 g/mol. The number of carboxylic acids is 1. The van der Waals surface area contributed by atoms with Gasteiger partial charge in [-0.2, -0.15) is 0 Å². The van der Waals surface area contributed by atoms with Crippen LogP contribution in [0.5, 0.6) is 0 Å². The Labute approximate surface area is 161 Å². The third-order valence-corrected chi connectivity index (χ3v) is 4.37. The summed E-state index contributed by atoms with van der Waals surface area (Å²) >= 11 is 0. The summed E-state index contributed by atoms with van der Waals surface area (Å²) in [7, 11) is 0. The number of ether oxygens (including phenoxy) is 1. The highest BCUT2D eigenvalue weighted by atomic mass is 16.5. The van der Waals surface area contributed by atoms with Crippen molar-refractivity contribution in [3.63, 3.8) is 0 Å². The molecule has 148 valence electrons. The molecule has 0 fully saturated rings. The lowest BCUT2D eigenvalue weighted by atomic mass is 9.93. The van der Waals surface area contributed by atoms with Crippen molar-refractivity contribution in [1.82, 2.24) is 0 Å². The van der Waals surface area contributed by atoms with Crippen molar-refractivity contribution >= 4 is 17.7 Å². The number of aliphatic carboxylic acids is 1. The largest absolute Gasteiger partial charge is 0.478 e. The summed E-state index contributed by atoms with van der Waals surface area (Å²) in [6, 6.07) is 0. The van der Waals surface area contributed by atoms with Crippen LogP contribution in [0.3, 0.4) is 0 Å². The maximum atomic E-state index is 12.5. The van der Waals surface area contributed by atoms with Crippen LogP contribution >= 0.6 is 0 Å². The van der Waals surface area contributed by atoms with Crippen molar-refractivity contribution in [3.05, 3.63) is 48.1 Å². The fourth-order valence-corrected chi connectivity index (χ4v) is 2.94. The van der Waals surface area contributed by atoms with E-state index in [1.807, 2.05) is 6.92 Å². The summed E-state index contributed by atoms with van der Waals surface area (Å²) in [6.07, 6.45) is 15.3. The topological polar surface area (TPSA) is 80.7 Å². The summed E-state index contributed by atoms with van der Waals surface area (Å²) < 4.78 is 5.06. The molecule has 0 bridgehead atoms. The zero-order chi connectivity index (χ0) is 20.2. The van der Waals surface area contributed by atoms with E-state index in [4.69, 9.17) is 9.84 Å². The van der Waals surface area contributed by atoms with Crippen LogP contribution in [0.25, 0.3) is 0 Å². The van der Waals surface area contributed by atoms with Gasteiger partial charge in [0.2, 0.25) is 0 Å². The van der Waals surface area contributed by atoms with Crippen LogP contribution in [0.4, 0.5) is 0 Å². The molecule has 0 aliphatic carbocycles. The van der Waals surface area contributed by atoms with E-state index in [-0.39, 0.29) is 5.78 Å². The molecule has 0 amide bonds. The van der Waals surface area contributed by atoms with Crippen LogP contribution in [0.2, 0.25) is 0 Å². The lowest BCUT2D eigenvalue weighted by Crippen LogP contribution is -2.32. The van der Waals surface area contributed by atoms with Gasteiger partial charge in [-0.25, -0.2) is 9.59 Å². The molecule has 0 aromatic carbocycles. The molecule has 3 atom stereocenters. The Hall–Kier alpha value is -2.43. The number of hydrogen-bond acceptors (Lipinski definition) is 4. The molecule has 0 aromatic rings. The van der Waals surface area contributed by atoms with E-state index >= 15 is 0 Å². The van der Waals surface area contributed by atoms with Gasteiger partial charge in [-0.15, -0.1) is 0 Å². The maximum absolute atomic E-state index is 12.5. The van der Waals surface area contributed by atoms with Crippen LogP contribution in [0, 0.1) is 11.8 Å². The SMILES string of the molecule is CCCCCC[C@H](C)/C=C(C)/C=C/C(=O)[C@H]1C=CC(=O)O[C@H]1/C=C/C(=O)O. The minimum Gasteiger partial charge on any atom is -0.478 e. The van der Waals surface area contributed by atoms with E-state index in [1.165, 1.54) is 50.0 Å². The number of allylic oxidation sites excluding steroid dienone is 4. The highest BCUT2D eigenvalue weighted by Gasteiger charge is 2.29. The predicted molar refractivity (Wildman–Crippen MR) is 105 cm³/mol. The van der Waals surface area contributed by atoms with Gasteiger partial charge in [0, 0.05) is 12.2 Å². The molecule has 5 heteroatoms. The van der Waals surface area contributed by atoms with Crippen LogP contribution in [-0.2, 0) is 19.1 Å². The maximum Gasteiger partial charge on any atom is 0.331 e. The Morgan fingerprint density at radius 3 is 2.63 bits per heavy atom. The van der Waals surface area contributed by atoms with Crippen molar-refractivity contribution < 1.29 is 24.2 Å². The number of carboxylic acid groups (broad SMARTS) is 1. The Morgan fingerprint density at radius 1 is 1.22 bits per heavy atom. The number of carbonyl (C=O) groups is 3. The van der Waals surface area contributed by atoms with Gasteiger partial charge in [-0.3, -0.25) is 4.79 Å². The molecule has 0 saturated carbocycles. The van der Waals surface area contributed by atoms with Crippen LogP contribution in [0.1, 0.15) is 52.9 Å². The first-order chi connectivity index (χ1) is 12.8. The van der Waals surface area contributed by atoms with E-state index in [1.54, 1.807) is 6.08 Å². The minimum absolute atomic E-state index is 0.234. The van der Waals surface area contributed by atoms with Crippen LogP contribution in [-0.4, -0.2) is 28.9 Å². The van der Waals surface area contributed by atoms with Gasteiger partial charge in [0.05, 0.1) is 5.92 Å². The smallest absolute Gasteiger partial charge is 0.331 e. The van der Waals surface area contributed by atoms with E-state index in [0.717, 1.165) is 18.1 Å². The number of unbranched alkanes of at least 4 members (excludes halogenated alkanes) is 3. The first kappa shape index (κ1) is 22.6. The summed E-state index contributed by atoms with van der Waals surface area (Å²) in [6.45, 7) is 6.31. The van der Waals surface area contributed by atoms with Gasteiger partial charge in [-0.1, -0.05) is 63.3 Å². The third kappa shape index (κ3) is 9.18. The molecule has 0 radical (unpaired) electrons. The average molecular weight is 374 g/mol. The van der Waals surface area contributed by atoms with Gasteiger partial charge < -0.3 is 9.84 Å². The second-order valence-corrected chi connectivity index (χ2v) is 6.96. The molecular weight excluding hydrogens is 344 g/mol. The zero-order valence-electron chi connectivity index (χ0n) is 16.4. The normalized spacial score (nSPS) is 21.6.